The van der Waals surface area contributed by atoms with Crippen molar-refractivity contribution in [1.29, 1.82) is 0 Å². The fraction of sp³-hybridized carbons (Fsp3) is 0.350. The van der Waals surface area contributed by atoms with Gasteiger partial charge in [-0.05, 0) is 25.1 Å². The molecule has 2 aromatic carbocycles. The lowest BCUT2D eigenvalue weighted by atomic mass is 9.79. The molecule has 2 aromatic rings. The van der Waals surface area contributed by atoms with Gasteiger partial charge >= 0.3 is 5.97 Å². The van der Waals surface area contributed by atoms with E-state index in [2.05, 4.69) is 0 Å². The summed E-state index contributed by atoms with van der Waals surface area (Å²) < 4.78 is 17.0. The summed E-state index contributed by atoms with van der Waals surface area (Å²) in [7, 11) is 0. The van der Waals surface area contributed by atoms with Crippen LogP contribution in [0.3, 0.4) is 0 Å². The second kappa shape index (κ2) is 7.57. The van der Waals surface area contributed by atoms with Crippen LogP contribution in [-0.2, 0) is 9.53 Å². The van der Waals surface area contributed by atoms with Crippen LogP contribution in [0, 0.1) is 5.92 Å². The van der Waals surface area contributed by atoms with Crippen molar-refractivity contribution in [1.82, 2.24) is 0 Å². The lowest BCUT2D eigenvalue weighted by molar-refractivity contribution is -0.149. The molecule has 0 fully saturated rings. The van der Waals surface area contributed by atoms with E-state index in [4.69, 9.17) is 19.3 Å². The molecule has 0 spiro atoms. The standard InChI is InChI=1S/C20H22O5/c1-3-23-16-9-6-10-17-19(16)18(13(2)20(22)24-12-11-21)14-7-4-5-8-15(14)25-17/h4-10,13,18,21H,3,11-12H2,1-2H3. The van der Waals surface area contributed by atoms with E-state index in [1.807, 2.05) is 56.3 Å². The Bertz CT molecular complexity index is 756. The Morgan fingerprint density at radius 2 is 1.96 bits per heavy atom. The third-order valence-electron chi connectivity index (χ3n) is 4.32. The van der Waals surface area contributed by atoms with Gasteiger partial charge < -0.3 is 19.3 Å². The molecule has 0 amide bonds. The number of benzene rings is 2. The van der Waals surface area contributed by atoms with E-state index >= 15 is 0 Å². The zero-order valence-electron chi connectivity index (χ0n) is 14.4. The third-order valence-corrected chi connectivity index (χ3v) is 4.32. The second-order valence-corrected chi connectivity index (χ2v) is 5.90. The molecule has 1 N–H and O–H groups in total. The van der Waals surface area contributed by atoms with Crippen LogP contribution in [-0.4, -0.2) is 30.9 Å². The van der Waals surface area contributed by atoms with E-state index in [-0.39, 0.29) is 25.1 Å². The van der Waals surface area contributed by atoms with Crippen molar-refractivity contribution in [3.8, 4) is 17.2 Å². The highest BCUT2D eigenvalue weighted by atomic mass is 16.5. The summed E-state index contributed by atoms with van der Waals surface area (Å²) in [6, 6.07) is 13.3. The Labute approximate surface area is 147 Å². The molecule has 2 atom stereocenters. The lowest BCUT2D eigenvalue weighted by Crippen LogP contribution is -2.26. The molecule has 1 aliphatic rings. The molecule has 2 unspecified atom stereocenters. The van der Waals surface area contributed by atoms with Gasteiger partial charge in [-0.25, -0.2) is 0 Å². The largest absolute Gasteiger partial charge is 0.493 e. The maximum absolute atomic E-state index is 12.5. The molecule has 0 saturated heterocycles. The number of rotatable bonds is 6. The summed E-state index contributed by atoms with van der Waals surface area (Å²) >= 11 is 0. The predicted molar refractivity (Wildman–Crippen MR) is 93.2 cm³/mol. The first-order valence-electron chi connectivity index (χ1n) is 8.47. The van der Waals surface area contributed by atoms with Crippen LogP contribution in [0.4, 0.5) is 0 Å². The highest BCUT2D eigenvalue weighted by Crippen LogP contribution is 2.51. The van der Waals surface area contributed by atoms with E-state index in [1.165, 1.54) is 0 Å². The number of carbonyl (C=O) groups excluding carboxylic acids is 1. The van der Waals surface area contributed by atoms with E-state index in [0.29, 0.717) is 18.1 Å². The first kappa shape index (κ1) is 17.3. The summed E-state index contributed by atoms with van der Waals surface area (Å²) in [4.78, 5) is 12.5. The quantitative estimate of drug-likeness (QED) is 0.814. The lowest BCUT2D eigenvalue weighted by Gasteiger charge is -2.32. The molecule has 1 aliphatic heterocycles. The first-order valence-corrected chi connectivity index (χ1v) is 8.47. The maximum Gasteiger partial charge on any atom is 0.309 e. The zero-order valence-corrected chi connectivity index (χ0v) is 14.4. The van der Waals surface area contributed by atoms with Gasteiger partial charge in [-0.1, -0.05) is 31.2 Å². The van der Waals surface area contributed by atoms with Gasteiger partial charge in [0.15, 0.2) is 0 Å². The predicted octanol–water partition coefficient (Wildman–Crippen LogP) is 3.49. The number of hydrogen-bond acceptors (Lipinski definition) is 5. The number of ether oxygens (including phenoxy) is 3. The number of aliphatic hydroxyl groups is 1. The fourth-order valence-electron chi connectivity index (χ4n) is 3.24. The van der Waals surface area contributed by atoms with E-state index in [0.717, 1.165) is 16.9 Å². The SMILES string of the molecule is CCOc1cccc2c1C(C(C)C(=O)OCCO)c1ccccc1O2. The summed E-state index contributed by atoms with van der Waals surface area (Å²) in [6.07, 6.45) is 0. The van der Waals surface area contributed by atoms with E-state index < -0.39 is 5.92 Å². The minimum atomic E-state index is -0.447. The average molecular weight is 342 g/mol. The highest BCUT2D eigenvalue weighted by Gasteiger charge is 2.37. The molecule has 0 saturated carbocycles. The summed E-state index contributed by atoms with van der Waals surface area (Å²) in [5, 5.41) is 8.92. The van der Waals surface area contributed by atoms with Crippen molar-refractivity contribution in [3.63, 3.8) is 0 Å². The van der Waals surface area contributed by atoms with Gasteiger partial charge in [0.25, 0.3) is 0 Å². The molecule has 0 aromatic heterocycles. The Balaban J connectivity index is 2.08. The average Bonchev–Trinajstić information content (AvgIpc) is 2.64. The molecule has 3 rings (SSSR count). The first-order chi connectivity index (χ1) is 12.2. The topological polar surface area (TPSA) is 65.0 Å². The second-order valence-electron chi connectivity index (χ2n) is 5.90. The van der Waals surface area contributed by atoms with Gasteiger partial charge in [-0.3, -0.25) is 4.79 Å². The highest BCUT2D eigenvalue weighted by molar-refractivity contribution is 5.76. The van der Waals surface area contributed by atoms with Crippen LogP contribution in [0.15, 0.2) is 42.5 Å². The molecular weight excluding hydrogens is 320 g/mol. The van der Waals surface area contributed by atoms with E-state index in [1.54, 1.807) is 0 Å². The Hall–Kier alpha value is -2.53. The van der Waals surface area contributed by atoms with Crippen LogP contribution in [0.5, 0.6) is 17.2 Å². The van der Waals surface area contributed by atoms with Gasteiger partial charge in [0.1, 0.15) is 23.9 Å². The number of fused-ring (bicyclic) bond motifs is 2. The normalized spacial score (nSPS) is 16.2. The summed E-state index contributed by atoms with van der Waals surface area (Å²) in [6.45, 7) is 4.08. The van der Waals surface area contributed by atoms with Crippen molar-refractivity contribution in [2.75, 3.05) is 19.8 Å². The number of hydrogen-bond donors (Lipinski definition) is 1. The minimum absolute atomic E-state index is 0.00595. The van der Waals surface area contributed by atoms with Crippen LogP contribution < -0.4 is 9.47 Å². The van der Waals surface area contributed by atoms with Gasteiger partial charge in [0.05, 0.1) is 19.1 Å². The molecular formula is C20H22O5. The molecule has 25 heavy (non-hydrogen) atoms. The van der Waals surface area contributed by atoms with Crippen molar-refractivity contribution < 1.29 is 24.1 Å². The maximum atomic E-state index is 12.5. The van der Waals surface area contributed by atoms with Crippen LogP contribution >= 0.6 is 0 Å². The molecule has 0 radical (unpaired) electrons. The van der Waals surface area contributed by atoms with Gasteiger partial charge in [0, 0.05) is 17.0 Å². The monoisotopic (exact) mass is 342 g/mol. The fourth-order valence-corrected chi connectivity index (χ4v) is 3.24. The Morgan fingerprint density at radius 3 is 2.72 bits per heavy atom. The molecule has 1 heterocycles. The molecule has 0 bridgehead atoms. The number of aliphatic hydroxyl groups excluding tert-OH is 1. The molecule has 0 aliphatic carbocycles. The van der Waals surface area contributed by atoms with Crippen LogP contribution in [0.2, 0.25) is 0 Å². The molecule has 132 valence electrons. The summed E-state index contributed by atoms with van der Waals surface area (Å²) in [5.41, 5.74) is 1.78. The molecule has 5 heteroatoms. The van der Waals surface area contributed by atoms with E-state index in [9.17, 15) is 4.79 Å². The van der Waals surface area contributed by atoms with Crippen molar-refractivity contribution in [2.45, 2.75) is 19.8 Å². The smallest absolute Gasteiger partial charge is 0.309 e. The number of para-hydroxylation sites is 1. The zero-order chi connectivity index (χ0) is 17.8. The van der Waals surface area contributed by atoms with Crippen LogP contribution in [0.1, 0.15) is 30.9 Å². The van der Waals surface area contributed by atoms with Gasteiger partial charge in [-0.15, -0.1) is 0 Å². The van der Waals surface area contributed by atoms with Crippen molar-refractivity contribution >= 4 is 5.97 Å². The van der Waals surface area contributed by atoms with Crippen molar-refractivity contribution in [3.05, 3.63) is 53.6 Å². The number of carbonyl (C=O) groups is 1. The van der Waals surface area contributed by atoms with Gasteiger partial charge in [0.2, 0.25) is 0 Å². The van der Waals surface area contributed by atoms with Gasteiger partial charge in [-0.2, -0.15) is 0 Å². The Morgan fingerprint density at radius 1 is 1.20 bits per heavy atom. The Kier molecular flexibility index (Phi) is 5.24. The number of esters is 1. The van der Waals surface area contributed by atoms with Crippen molar-refractivity contribution in [2.24, 2.45) is 5.92 Å². The minimum Gasteiger partial charge on any atom is -0.493 e. The molecule has 5 nitrogen and oxygen atoms in total. The summed E-state index contributed by atoms with van der Waals surface area (Å²) in [5.74, 6) is 1.09. The third kappa shape index (κ3) is 3.33. The van der Waals surface area contributed by atoms with Crippen LogP contribution in [0.25, 0.3) is 0 Å².